The van der Waals surface area contributed by atoms with Gasteiger partial charge in [0.25, 0.3) is 0 Å². The monoisotopic (exact) mass is 302 g/mol. The number of aliphatic hydroxyl groups is 1. The maximum absolute atomic E-state index is 11.4. The van der Waals surface area contributed by atoms with Crippen molar-refractivity contribution in [3.05, 3.63) is 65.9 Å². The van der Waals surface area contributed by atoms with Crippen LogP contribution in [0.15, 0.2) is 33.9 Å². The Balaban J connectivity index is 2.10. The lowest BCUT2D eigenvalue weighted by Gasteiger charge is -2.09. The number of fused-ring (bicyclic) bond motifs is 1. The first-order valence-electron chi connectivity index (χ1n) is 6.47. The van der Waals surface area contributed by atoms with E-state index in [2.05, 4.69) is 9.97 Å². The van der Waals surface area contributed by atoms with Crippen LogP contribution < -0.4 is 11.1 Å². The van der Waals surface area contributed by atoms with Crippen molar-refractivity contribution >= 4 is 22.4 Å². The van der Waals surface area contributed by atoms with Gasteiger partial charge in [0.1, 0.15) is 6.10 Å². The van der Waals surface area contributed by atoms with Gasteiger partial charge in [0.05, 0.1) is 11.0 Å². The van der Waals surface area contributed by atoms with Gasteiger partial charge in [0.15, 0.2) is 0 Å². The van der Waals surface area contributed by atoms with E-state index in [-0.39, 0.29) is 0 Å². The molecule has 2 heterocycles. The van der Waals surface area contributed by atoms with E-state index in [4.69, 9.17) is 0 Å². The highest BCUT2D eigenvalue weighted by Crippen LogP contribution is 2.31. The lowest BCUT2D eigenvalue weighted by molar-refractivity contribution is 0.224. The Morgan fingerprint density at radius 3 is 2.33 bits per heavy atom. The van der Waals surface area contributed by atoms with E-state index < -0.39 is 17.2 Å². The molecular weight excluding hydrogens is 288 g/mol. The highest BCUT2D eigenvalue weighted by molar-refractivity contribution is 7.12. The van der Waals surface area contributed by atoms with Crippen LogP contribution in [-0.4, -0.2) is 15.1 Å². The average molecular weight is 302 g/mol. The molecule has 0 aliphatic heterocycles. The Kier molecular flexibility index (Phi) is 3.27. The fraction of sp³-hybridized carbons (Fsp3) is 0.200. The highest BCUT2D eigenvalue weighted by atomic mass is 32.1. The van der Waals surface area contributed by atoms with Crippen molar-refractivity contribution in [1.29, 1.82) is 0 Å². The summed E-state index contributed by atoms with van der Waals surface area (Å²) in [5, 5.41) is 10.5. The van der Waals surface area contributed by atoms with Gasteiger partial charge in [-0.3, -0.25) is 9.59 Å². The Morgan fingerprint density at radius 1 is 1.05 bits per heavy atom. The van der Waals surface area contributed by atoms with Crippen molar-refractivity contribution in [2.75, 3.05) is 0 Å². The molecule has 108 valence electrons. The molecule has 6 heteroatoms. The Bertz CT molecular complexity index is 916. The van der Waals surface area contributed by atoms with Crippen LogP contribution >= 0.6 is 11.3 Å². The maximum Gasteiger partial charge on any atom is 0.314 e. The van der Waals surface area contributed by atoms with E-state index in [1.807, 2.05) is 19.9 Å². The van der Waals surface area contributed by atoms with Crippen LogP contribution in [0.4, 0.5) is 0 Å². The van der Waals surface area contributed by atoms with Crippen molar-refractivity contribution in [3.8, 4) is 0 Å². The molecule has 2 aromatic heterocycles. The number of nitrogens with one attached hydrogen (secondary N) is 2. The largest absolute Gasteiger partial charge is 0.383 e. The summed E-state index contributed by atoms with van der Waals surface area (Å²) in [6, 6.07) is 7.07. The van der Waals surface area contributed by atoms with Gasteiger partial charge >= 0.3 is 11.1 Å². The van der Waals surface area contributed by atoms with Crippen molar-refractivity contribution in [2.45, 2.75) is 20.0 Å². The van der Waals surface area contributed by atoms with Crippen LogP contribution in [0.1, 0.15) is 27.0 Å². The molecule has 0 saturated heterocycles. The van der Waals surface area contributed by atoms with E-state index >= 15 is 0 Å². The molecular formula is C15H14N2O3S. The minimum atomic E-state index is -0.748. The van der Waals surface area contributed by atoms with Crippen LogP contribution in [0, 0.1) is 13.8 Å². The minimum absolute atomic E-state index is 0.501. The summed E-state index contributed by atoms with van der Waals surface area (Å²) in [5.74, 6) is 0. The van der Waals surface area contributed by atoms with E-state index in [1.54, 1.807) is 29.5 Å². The second-order valence-electron chi connectivity index (χ2n) is 5.00. The first kappa shape index (κ1) is 13.8. The molecule has 0 spiro atoms. The van der Waals surface area contributed by atoms with Crippen molar-refractivity contribution < 1.29 is 5.11 Å². The predicted molar refractivity (Wildman–Crippen MR) is 83.0 cm³/mol. The molecule has 3 N–H and O–H groups in total. The lowest BCUT2D eigenvalue weighted by Crippen LogP contribution is -2.28. The van der Waals surface area contributed by atoms with Gasteiger partial charge in [-0.15, -0.1) is 11.3 Å². The average Bonchev–Trinajstić information content (AvgIpc) is 2.79. The van der Waals surface area contributed by atoms with E-state index in [0.29, 0.717) is 16.6 Å². The van der Waals surface area contributed by atoms with E-state index in [0.717, 1.165) is 10.4 Å². The maximum atomic E-state index is 11.4. The molecule has 21 heavy (non-hydrogen) atoms. The number of rotatable bonds is 2. The third-order valence-electron chi connectivity index (χ3n) is 3.52. The number of thiophene rings is 1. The third-order valence-corrected chi connectivity index (χ3v) is 4.72. The second-order valence-corrected chi connectivity index (χ2v) is 6.29. The lowest BCUT2D eigenvalue weighted by atomic mass is 10.1. The summed E-state index contributed by atoms with van der Waals surface area (Å²) in [4.78, 5) is 29.7. The SMILES string of the molecule is Cc1cc(C(O)c2ccc3[nH]c(=O)c(=O)[nH]c3c2)sc1C. The third kappa shape index (κ3) is 2.43. The smallest absolute Gasteiger partial charge is 0.314 e. The molecule has 1 unspecified atom stereocenters. The number of benzene rings is 1. The minimum Gasteiger partial charge on any atom is -0.383 e. The summed E-state index contributed by atoms with van der Waals surface area (Å²) in [6.07, 6.45) is -0.748. The second kappa shape index (κ2) is 4.98. The van der Waals surface area contributed by atoms with E-state index in [1.165, 1.54) is 4.88 Å². The number of aromatic nitrogens is 2. The number of aryl methyl sites for hydroxylation is 2. The van der Waals surface area contributed by atoms with Crippen LogP contribution in [0.25, 0.3) is 11.0 Å². The quantitative estimate of drug-likeness (QED) is 0.633. The zero-order valence-electron chi connectivity index (χ0n) is 11.6. The summed E-state index contributed by atoms with van der Waals surface area (Å²) in [6.45, 7) is 4.02. The van der Waals surface area contributed by atoms with Crippen molar-refractivity contribution in [1.82, 2.24) is 9.97 Å². The van der Waals surface area contributed by atoms with Gasteiger partial charge in [-0.1, -0.05) is 6.07 Å². The molecule has 0 aliphatic rings. The highest BCUT2D eigenvalue weighted by Gasteiger charge is 2.15. The molecule has 0 saturated carbocycles. The van der Waals surface area contributed by atoms with Crippen LogP contribution in [-0.2, 0) is 0 Å². The van der Waals surface area contributed by atoms with E-state index in [9.17, 15) is 14.7 Å². The van der Waals surface area contributed by atoms with Gasteiger partial charge in [-0.2, -0.15) is 0 Å². The van der Waals surface area contributed by atoms with Gasteiger partial charge < -0.3 is 15.1 Å². The normalized spacial score (nSPS) is 12.7. The molecule has 3 rings (SSSR count). The first-order chi connectivity index (χ1) is 9.95. The number of hydrogen-bond donors (Lipinski definition) is 3. The van der Waals surface area contributed by atoms with Gasteiger partial charge in [-0.25, -0.2) is 0 Å². The molecule has 0 fully saturated rings. The van der Waals surface area contributed by atoms with Gasteiger partial charge in [0, 0.05) is 9.75 Å². The summed E-state index contributed by atoms with van der Waals surface area (Å²) in [5.41, 5.74) is 1.48. The van der Waals surface area contributed by atoms with Crippen LogP contribution in [0.5, 0.6) is 0 Å². The summed E-state index contributed by atoms with van der Waals surface area (Å²) < 4.78 is 0. The number of hydrogen-bond acceptors (Lipinski definition) is 4. The number of H-pyrrole nitrogens is 2. The fourth-order valence-corrected chi connectivity index (χ4v) is 3.26. The topological polar surface area (TPSA) is 85.9 Å². The predicted octanol–water partition coefficient (Wildman–Crippen LogP) is 1.98. The van der Waals surface area contributed by atoms with Crippen molar-refractivity contribution in [2.24, 2.45) is 0 Å². The van der Waals surface area contributed by atoms with Crippen LogP contribution in [0.3, 0.4) is 0 Å². The Morgan fingerprint density at radius 2 is 1.71 bits per heavy atom. The number of aromatic amines is 2. The molecule has 1 atom stereocenters. The van der Waals surface area contributed by atoms with Gasteiger partial charge in [0.2, 0.25) is 0 Å². The first-order valence-corrected chi connectivity index (χ1v) is 7.28. The van der Waals surface area contributed by atoms with Crippen molar-refractivity contribution in [3.63, 3.8) is 0 Å². The molecule has 0 aliphatic carbocycles. The Labute approximate surface area is 123 Å². The molecule has 1 aromatic carbocycles. The molecule has 0 amide bonds. The molecule has 0 bridgehead atoms. The van der Waals surface area contributed by atoms with Gasteiger partial charge in [-0.05, 0) is 43.2 Å². The number of aliphatic hydroxyl groups excluding tert-OH is 1. The molecule has 5 nitrogen and oxygen atoms in total. The summed E-state index contributed by atoms with van der Waals surface area (Å²) >= 11 is 1.55. The Hall–Kier alpha value is -2.18. The summed E-state index contributed by atoms with van der Waals surface area (Å²) in [7, 11) is 0. The van der Waals surface area contributed by atoms with Crippen LogP contribution in [0.2, 0.25) is 0 Å². The molecule has 0 radical (unpaired) electrons. The standard InChI is InChI=1S/C15H14N2O3S/c1-7-5-12(21-8(7)2)13(18)9-3-4-10-11(6-9)17-15(20)14(19)16-10/h3-6,13,18H,1-2H3,(H,16,19)(H,17,20). The fourth-order valence-electron chi connectivity index (χ4n) is 2.20. The zero-order chi connectivity index (χ0) is 15.1. The zero-order valence-corrected chi connectivity index (χ0v) is 12.4. The molecule has 3 aromatic rings.